The molecule has 8 heterocycles. The minimum absolute atomic E-state index is 0. The van der Waals surface area contributed by atoms with Crippen molar-refractivity contribution in [3.05, 3.63) is 350 Å². The number of pyridine rings is 6. The summed E-state index contributed by atoms with van der Waals surface area (Å²) in [6.45, 7) is 19.4. The van der Waals surface area contributed by atoms with Crippen LogP contribution in [-0.4, -0.2) is 66.8 Å². The fraction of sp³-hybridized carbons (Fsp3) is 0.122. The molecule has 20 heteroatoms. The molecular weight excluding hydrogens is 2200 g/mol. The van der Waals surface area contributed by atoms with E-state index in [-0.39, 0.29) is 122 Å². The Morgan fingerprint density at radius 2 is 0.725 bits per heavy atom. The van der Waals surface area contributed by atoms with E-state index in [1.807, 2.05) is 171 Å². The smallest absolute Gasteiger partial charge is 0.574 e. The summed E-state index contributed by atoms with van der Waals surface area (Å²) in [5.41, 5.74) is 15.2. The van der Waals surface area contributed by atoms with Crippen LogP contribution in [0, 0.1) is 58.9 Å². The molecule has 0 aliphatic rings. The van der Waals surface area contributed by atoms with E-state index in [0.29, 0.717) is 5.69 Å². The number of alkyl halides is 3. The minimum atomic E-state index is -4.46. The van der Waals surface area contributed by atoms with E-state index in [4.69, 9.17) is 0 Å². The number of aromatic nitrogens is 10. The van der Waals surface area contributed by atoms with Gasteiger partial charge in [0.05, 0.1) is 37.3 Å². The number of hydrogen-bond acceptors (Lipinski definition) is 8. The zero-order chi connectivity index (χ0) is 69.0. The van der Waals surface area contributed by atoms with Gasteiger partial charge >= 0.3 is 26.0 Å². The molecule has 0 atom stereocenters. The molecular formula is C82H77F3Ir4N10OsP2-2. The van der Waals surface area contributed by atoms with Gasteiger partial charge in [-0.2, -0.15) is 13.2 Å². The van der Waals surface area contributed by atoms with Gasteiger partial charge in [-0.25, -0.2) is 0 Å². The molecule has 0 spiro atoms. The minimum Gasteiger partial charge on any atom is -0.574 e. The second kappa shape index (κ2) is 50.0. The van der Waals surface area contributed by atoms with E-state index < -0.39 is 11.9 Å². The molecule has 6 aromatic carbocycles. The van der Waals surface area contributed by atoms with Crippen LogP contribution >= 0.6 is 15.8 Å². The van der Waals surface area contributed by atoms with Crippen molar-refractivity contribution in [3.8, 4) is 67.8 Å². The quantitative estimate of drug-likeness (QED) is 0.107. The van der Waals surface area contributed by atoms with Gasteiger partial charge in [0.15, 0.2) is 0 Å². The average molecular weight is 2280 g/mol. The van der Waals surface area contributed by atoms with Crippen LogP contribution in [-0.2, 0) is 106 Å². The number of rotatable bonds is 8. The van der Waals surface area contributed by atoms with Gasteiger partial charge in [-0.05, 0) is 129 Å². The van der Waals surface area contributed by atoms with Gasteiger partial charge in [0.25, 0.3) is 0 Å². The molecule has 8 aromatic heterocycles. The van der Waals surface area contributed by atoms with Crippen molar-refractivity contribution >= 4 is 26.5 Å². The second-order valence-corrected chi connectivity index (χ2v) is 27.2. The standard InChI is InChI=1S/C13H12N.2C12H10N.C11H8N.C9H5F3N3.C9H8N3.2C8H11P.4Ir.Os/c1-10-4-3-5-12(8-10)13-9-11(2)6-7-14-13;1-10-6-5-9-13-12(10)11-7-3-2-4-8-11;1-10-7-8-13-12(9-10)11-5-3-2-4-6-11;1-2-6-10(7-3-1)11-8-4-5-9-12-11;10-9(11,12)8-5-7(14-15-8)6-3-1-2-4-13-6;1-7-6-9(12-11-7)8-4-2-3-5-10-8;2*1-9(2)8-6-4-3-5-7-8;;;;;/h3-4,6-9H,1-2H3;2-7,9H,1H3;2-5,7-9H,1H3;1-6,8-9H;1-5H;2-6H,1H3;2*3-7H,1-2H3;;;;;/q6*-1;;;;;;;+2/p+2. The third-order valence-electron chi connectivity index (χ3n) is 13.7. The maximum atomic E-state index is 12.2. The van der Waals surface area contributed by atoms with Crippen molar-refractivity contribution in [1.29, 1.82) is 0 Å². The Balaban J connectivity index is 0.000000395. The molecule has 0 aliphatic heterocycles. The summed E-state index contributed by atoms with van der Waals surface area (Å²) in [5.74, 6) is 0. The van der Waals surface area contributed by atoms with E-state index >= 15 is 0 Å². The monoisotopic (exact) mass is 2280 g/mol. The van der Waals surface area contributed by atoms with Crippen LogP contribution in [0.1, 0.15) is 33.6 Å². The van der Waals surface area contributed by atoms with Gasteiger partial charge in [0, 0.05) is 151 Å². The molecule has 14 aromatic rings. The summed E-state index contributed by atoms with van der Waals surface area (Å²) >= 11 is 0. The Hall–Kier alpha value is -7.48. The maximum absolute atomic E-state index is 12.2. The molecule has 102 heavy (non-hydrogen) atoms. The number of benzene rings is 6. The summed E-state index contributed by atoms with van der Waals surface area (Å²) in [6, 6.07) is 95.1. The van der Waals surface area contributed by atoms with Crippen LogP contribution in [0.5, 0.6) is 0 Å². The Morgan fingerprint density at radius 3 is 1.11 bits per heavy atom. The zero-order valence-corrected chi connectivity index (χ0v) is 71.6. The number of nitrogens with zero attached hydrogens (tertiary/aromatic N) is 10. The van der Waals surface area contributed by atoms with Gasteiger partial charge < -0.3 is 40.3 Å². The molecule has 0 aliphatic carbocycles. The van der Waals surface area contributed by atoms with E-state index in [2.05, 4.69) is 214 Å². The fourth-order valence-corrected chi connectivity index (χ4v) is 10.4. The van der Waals surface area contributed by atoms with Crippen LogP contribution in [0.15, 0.2) is 292 Å². The van der Waals surface area contributed by atoms with E-state index in [1.54, 1.807) is 30.6 Å². The van der Waals surface area contributed by atoms with Crippen molar-refractivity contribution in [3.63, 3.8) is 0 Å². The fourth-order valence-electron chi connectivity index (χ4n) is 8.67. The van der Waals surface area contributed by atoms with Gasteiger partial charge in [0.2, 0.25) is 0 Å². The van der Waals surface area contributed by atoms with Crippen LogP contribution in [0.3, 0.4) is 0 Å². The van der Waals surface area contributed by atoms with Crippen molar-refractivity contribution in [2.24, 2.45) is 0 Å². The molecule has 532 valence electrons. The van der Waals surface area contributed by atoms with Crippen molar-refractivity contribution < 1.29 is 113 Å². The number of hydrogen-bond donors (Lipinski definition) is 0. The average Bonchev–Trinajstić information content (AvgIpc) is 1.76. The third kappa shape index (κ3) is 32.9. The predicted molar refractivity (Wildman–Crippen MR) is 397 cm³/mol. The van der Waals surface area contributed by atoms with E-state index in [9.17, 15) is 13.2 Å². The van der Waals surface area contributed by atoms with Crippen molar-refractivity contribution in [2.75, 3.05) is 26.7 Å². The second-order valence-electron chi connectivity index (χ2n) is 22.1. The largest absolute Gasteiger partial charge is 2.00 e. The van der Waals surface area contributed by atoms with Crippen LogP contribution in [0.2, 0.25) is 0 Å². The van der Waals surface area contributed by atoms with Gasteiger partial charge in [-0.1, -0.05) is 120 Å². The molecule has 0 bridgehead atoms. The van der Waals surface area contributed by atoms with Gasteiger partial charge in [0.1, 0.15) is 5.69 Å². The Morgan fingerprint density at radius 1 is 0.333 bits per heavy atom. The first-order chi connectivity index (χ1) is 47.0. The van der Waals surface area contributed by atoms with Crippen LogP contribution < -0.4 is 20.8 Å². The van der Waals surface area contributed by atoms with Gasteiger partial charge in [-0.3, -0.25) is 9.97 Å². The summed E-state index contributed by atoms with van der Waals surface area (Å²) < 4.78 is 36.6. The SMILES string of the molecule is C[PH+](C)c1ccccc1.C[PH+](C)c1ccccc1.Cc1cc(-c2ccccn2)[n-]n1.Cc1cc[c-]c(-c2cc(C)ccn2)c1.Cc1cccnc1-c1[c-]cccc1.Cc1ccnc(-c2[c-]cccc2)c1.FC(F)(F)c1cc(-c2ccccn2)[n-]n1.[Ir].[Ir].[Ir].[Ir].[Os+2].[c-]1ccccc1-c1ccccn1. The molecule has 14 rings (SSSR count). The van der Waals surface area contributed by atoms with Crippen LogP contribution in [0.25, 0.3) is 67.8 Å². The molecule has 0 saturated heterocycles. The predicted octanol–water partition coefficient (Wildman–Crippen LogP) is 18.5. The van der Waals surface area contributed by atoms with Crippen molar-refractivity contribution in [2.45, 2.75) is 40.8 Å². The Labute approximate surface area is 669 Å². The molecule has 0 unspecified atom stereocenters. The molecule has 0 N–H and O–H groups in total. The molecule has 10 nitrogen and oxygen atoms in total. The Kier molecular flexibility index (Phi) is 44.4. The summed E-state index contributed by atoms with van der Waals surface area (Å²) in [7, 11) is -0.424. The first kappa shape index (κ1) is 90.6. The zero-order valence-electron chi connectivity index (χ0n) is 57.5. The summed E-state index contributed by atoms with van der Waals surface area (Å²) in [6.07, 6.45) is 6.03. The van der Waals surface area contributed by atoms with Crippen LogP contribution in [0.4, 0.5) is 13.2 Å². The van der Waals surface area contributed by atoms with E-state index in [1.165, 1.54) is 39.1 Å². The van der Waals surface area contributed by atoms with E-state index in [0.717, 1.165) is 68.2 Å². The molecule has 0 amide bonds. The Bertz CT molecular complexity index is 4340. The number of aryl methyl sites for hydroxylation is 5. The van der Waals surface area contributed by atoms with Crippen molar-refractivity contribution in [1.82, 2.24) is 50.3 Å². The molecule has 4 radical (unpaired) electrons. The topological polar surface area (TPSA) is 131 Å². The summed E-state index contributed by atoms with van der Waals surface area (Å²) in [4.78, 5) is 25.2. The first-order valence-electron chi connectivity index (χ1n) is 31.2. The third-order valence-corrected chi connectivity index (χ3v) is 16.7. The number of halogens is 3. The first-order valence-corrected chi connectivity index (χ1v) is 36.2. The molecule has 0 fully saturated rings. The molecule has 0 saturated carbocycles. The van der Waals surface area contributed by atoms with Gasteiger partial charge in [-0.15, -0.1) is 143 Å². The summed E-state index contributed by atoms with van der Waals surface area (Å²) in [5, 5.41) is 17.4. The maximum Gasteiger partial charge on any atom is 2.00 e. The normalized spacial score (nSPS) is 9.75.